The second kappa shape index (κ2) is 9.27. The smallest absolute Gasteiger partial charge is 0.262 e. The number of amidine groups is 1. The van der Waals surface area contributed by atoms with Gasteiger partial charge < -0.3 is 9.84 Å². The molecule has 0 unspecified atom stereocenters. The molecule has 9 nitrogen and oxygen atoms in total. The van der Waals surface area contributed by atoms with Gasteiger partial charge in [-0.15, -0.1) is 0 Å². The summed E-state index contributed by atoms with van der Waals surface area (Å²) in [5.74, 6) is 0.303. The third-order valence-corrected chi connectivity index (χ3v) is 6.07. The molecule has 1 aromatic heterocycles. The Morgan fingerprint density at radius 2 is 1.97 bits per heavy atom. The Morgan fingerprint density at radius 3 is 2.72 bits per heavy atom. The van der Waals surface area contributed by atoms with E-state index in [1.807, 2.05) is 0 Å². The predicted octanol–water partition coefficient (Wildman–Crippen LogP) is 2.92. The van der Waals surface area contributed by atoms with Crippen molar-refractivity contribution in [3.63, 3.8) is 0 Å². The van der Waals surface area contributed by atoms with Gasteiger partial charge in [0, 0.05) is 37.1 Å². The highest BCUT2D eigenvalue weighted by Gasteiger charge is 2.19. The fourth-order valence-electron chi connectivity index (χ4n) is 3.09. The van der Waals surface area contributed by atoms with Gasteiger partial charge >= 0.3 is 0 Å². The van der Waals surface area contributed by atoms with E-state index in [9.17, 15) is 17.6 Å². The van der Waals surface area contributed by atoms with Crippen molar-refractivity contribution in [2.45, 2.75) is 30.6 Å². The topological polar surface area (TPSA) is 127 Å². The SMILES string of the molecule is O=C(CCc1nc(-c2ccc(F)cc2)no1)Nc1cccc(S(=O)(=O)NC2=NCCC2)c1. The molecule has 0 radical (unpaired) electrons. The number of carbonyl (C=O) groups excluding carboxylic acids is 1. The van der Waals surface area contributed by atoms with E-state index < -0.39 is 10.0 Å². The minimum atomic E-state index is -3.77. The number of aliphatic imine (C=N–C) groups is 1. The van der Waals surface area contributed by atoms with Crippen molar-refractivity contribution in [1.29, 1.82) is 0 Å². The first-order valence-corrected chi connectivity index (χ1v) is 11.4. The van der Waals surface area contributed by atoms with Crippen molar-refractivity contribution in [3.8, 4) is 11.4 Å². The Kier molecular flexibility index (Phi) is 6.26. The average Bonchev–Trinajstić information content (AvgIpc) is 3.45. The van der Waals surface area contributed by atoms with Crippen LogP contribution in [0.2, 0.25) is 0 Å². The highest BCUT2D eigenvalue weighted by Crippen LogP contribution is 2.18. The molecule has 166 valence electrons. The van der Waals surface area contributed by atoms with Gasteiger partial charge in [0.2, 0.25) is 17.6 Å². The fraction of sp³-hybridized carbons (Fsp3) is 0.238. The monoisotopic (exact) mass is 457 g/mol. The first kappa shape index (κ1) is 21.6. The van der Waals surface area contributed by atoms with E-state index >= 15 is 0 Å². The number of aryl methyl sites for hydroxylation is 1. The van der Waals surface area contributed by atoms with Crippen LogP contribution >= 0.6 is 0 Å². The Hall–Kier alpha value is -3.60. The first-order chi connectivity index (χ1) is 15.4. The van der Waals surface area contributed by atoms with Gasteiger partial charge in [-0.05, 0) is 48.9 Å². The lowest BCUT2D eigenvalue weighted by Gasteiger charge is -2.10. The van der Waals surface area contributed by atoms with E-state index in [2.05, 4.69) is 25.2 Å². The summed E-state index contributed by atoms with van der Waals surface area (Å²) in [5.41, 5.74) is 0.949. The molecule has 2 aromatic carbocycles. The van der Waals surface area contributed by atoms with Gasteiger partial charge in [-0.2, -0.15) is 4.98 Å². The summed E-state index contributed by atoms with van der Waals surface area (Å²) in [5, 5.41) is 6.51. The molecule has 2 N–H and O–H groups in total. The van der Waals surface area contributed by atoms with Gasteiger partial charge in [-0.1, -0.05) is 11.2 Å². The van der Waals surface area contributed by atoms with E-state index in [1.165, 1.54) is 36.4 Å². The number of rotatable bonds is 7. The lowest BCUT2D eigenvalue weighted by atomic mass is 10.2. The van der Waals surface area contributed by atoms with Crippen molar-refractivity contribution in [2.75, 3.05) is 11.9 Å². The molecule has 1 amide bonds. The molecule has 11 heteroatoms. The maximum atomic E-state index is 13.0. The second-order valence-corrected chi connectivity index (χ2v) is 8.81. The van der Waals surface area contributed by atoms with Gasteiger partial charge in [-0.3, -0.25) is 14.5 Å². The lowest BCUT2D eigenvalue weighted by Crippen LogP contribution is -2.29. The normalized spacial score (nSPS) is 13.6. The van der Waals surface area contributed by atoms with Crippen LogP contribution < -0.4 is 10.0 Å². The summed E-state index contributed by atoms with van der Waals surface area (Å²) in [6.07, 6.45) is 1.66. The van der Waals surface area contributed by atoms with Crippen molar-refractivity contribution in [2.24, 2.45) is 4.99 Å². The number of nitrogens with zero attached hydrogens (tertiary/aromatic N) is 3. The Morgan fingerprint density at radius 1 is 1.16 bits per heavy atom. The van der Waals surface area contributed by atoms with Crippen molar-refractivity contribution in [3.05, 3.63) is 60.2 Å². The van der Waals surface area contributed by atoms with Crippen LogP contribution in [0.3, 0.4) is 0 Å². The zero-order valence-electron chi connectivity index (χ0n) is 16.9. The van der Waals surface area contributed by atoms with E-state index in [0.717, 1.165) is 6.42 Å². The molecule has 1 aliphatic rings. The number of aromatic nitrogens is 2. The van der Waals surface area contributed by atoms with Crippen molar-refractivity contribution >= 4 is 27.5 Å². The summed E-state index contributed by atoms with van der Waals surface area (Å²) in [6.45, 7) is 0.611. The Balaban J connectivity index is 1.34. The highest BCUT2D eigenvalue weighted by molar-refractivity contribution is 7.90. The third kappa shape index (κ3) is 5.35. The molecule has 1 aliphatic heterocycles. The van der Waals surface area contributed by atoms with Gasteiger partial charge in [0.1, 0.15) is 11.7 Å². The van der Waals surface area contributed by atoms with E-state index in [0.29, 0.717) is 35.9 Å². The van der Waals surface area contributed by atoms with Gasteiger partial charge in [0.15, 0.2) is 0 Å². The summed E-state index contributed by atoms with van der Waals surface area (Å²) < 4.78 is 45.7. The molecule has 3 aromatic rings. The van der Waals surface area contributed by atoms with Gasteiger partial charge in [0.05, 0.1) is 4.90 Å². The molecule has 0 saturated carbocycles. The molecule has 0 fully saturated rings. The molecule has 4 rings (SSSR count). The number of amides is 1. The largest absolute Gasteiger partial charge is 0.339 e. The number of benzene rings is 2. The van der Waals surface area contributed by atoms with Gasteiger partial charge in [-0.25, -0.2) is 12.8 Å². The Labute approximate surface area is 183 Å². The molecule has 0 bridgehead atoms. The fourth-order valence-corrected chi connectivity index (χ4v) is 4.23. The molecular weight excluding hydrogens is 437 g/mol. The van der Waals surface area contributed by atoms with Crippen molar-refractivity contribution in [1.82, 2.24) is 14.9 Å². The number of hydrogen-bond acceptors (Lipinski definition) is 7. The molecule has 0 spiro atoms. The molecule has 0 saturated heterocycles. The number of anilines is 1. The average molecular weight is 457 g/mol. The summed E-state index contributed by atoms with van der Waals surface area (Å²) in [6, 6.07) is 11.6. The zero-order valence-corrected chi connectivity index (χ0v) is 17.7. The zero-order chi connectivity index (χ0) is 22.6. The quantitative estimate of drug-likeness (QED) is 0.562. The standard InChI is InChI=1S/C21H20FN5O4S/c22-15-8-6-14(7-9-15)21-25-20(31-26-21)11-10-19(28)24-16-3-1-4-17(13-16)32(29,30)27-18-5-2-12-23-18/h1,3-4,6-9,13H,2,5,10-12H2,(H,23,27)(H,24,28). The van der Waals surface area contributed by atoms with Crippen LogP contribution in [-0.4, -0.2) is 36.8 Å². The van der Waals surface area contributed by atoms with Crippen LogP contribution in [0.15, 0.2) is 62.9 Å². The third-order valence-electron chi connectivity index (χ3n) is 4.69. The predicted molar refractivity (Wildman–Crippen MR) is 115 cm³/mol. The molecule has 0 atom stereocenters. The van der Waals surface area contributed by atoms with E-state index in [4.69, 9.17) is 4.52 Å². The van der Waals surface area contributed by atoms with Crippen LogP contribution in [0, 0.1) is 5.82 Å². The van der Waals surface area contributed by atoms with Gasteiger partial charge in [0.25, 0.3) is 10.0 Å². The number of halogens is 1. The van der Waals surface area contributed by atoms with Crippen LogP contribution in [0.5, 0.6) is 0 Å². The number of sulfonamides is 1. The minimum absolute atomic E-state index is 0.0331. The highest BCUT2D eigenvalue weighted by atomic mass is 32.2. The van der Waals surface area contributed by atoms with Crippen LogP contribution in [-0.2, 0) is 21.2 Å². The Bertz CT molecular complexity index is 1260. The maximum absolute atomic E-state index is 13.0. The molecular formula is C21H20FN5O4S. The van der Waals surface area contributed by atoms with E-state index in [1.54, 1.807) is 12.1 Å². The maximum Gasteiger partial charge on any atom is 0.262 e. The van der Waals surface area contributed by atoms with Crippen LogP contribution in [0.25, 0.3) is 11.4 Å². The summed E-state index contributed by atoms with van der Waals surface area (Å²) in [4.78, 5) is 20.7. The number of nitrogens with one attached hydrogen (secondary N) is 2. The first-order valence-electron chi connectivity index (χ1n) is 9.94. The second-order valence-electron chi connectivity index (χ2n) is 7.13. The van der Waals surface area contributed by atoms with Crippen LogP contribution in [0.1, 0.15) is 25.2 Å². The number of hydrogen-bond donors (Lipinski definition) is 2. The minimum Gasteiger partial charge on any atom is -0.339 e. The molecule has 2 heterocycles. The summed E-state index contributed by atoms with van der Waals surface area (Å²) in [7, 11) is -3.77. The molecule has 32 heavy (non-hydrogen) atoms. The van der Waals surface area contributed by atoms with E-state index in [-0.39, 0.29) is 35.4 Å². The molecule has 0 aliphatic carbocycles. The number of carbonyl (C=O) groups is 1. The van der Waals surface area contributed by atoms with Crippen molar-refractivity contribution < 1.29 is 22.1 Å². The van der Waals surface area contributed by atoms with Crippen LogP contribution in [0.4, 0.5) is 10.1 Å². The lowest BCUT2D eigenvalue weighted by molar-refractivity contribution is -0.116. The summed E-state index contributed by atoms with van der Waals surface area (Å²) >= 11 is 0.